The number of carboxylic acid groups (broad SMARTS) is 1. The average molecular weight is 255 g/mol. The number of hydrogen-bond donors (Lipinski definition) is 2. The van der Waals surface area contributed by atoms with E-state index in [0.29, 0.717) is 0 Å². The fraction of sp³-hybridized carbons (Fsp3) is 0.333. The normalized spacial score (nSPS) is 11.1. The lowest BCUT2D eigenvalue weighted by atomic mass is 10.1. The van der Waals surface area contributed by atoms with Gasteiger partial charge in [-0.2, -0.15) is 0 Å². The zero-order chi connectivity index (χ0) is 13.9. The van der Waals surface area contributed by atoms with E-state index in [1.165, 1.54) is 21.0 Å². The fourth-order valence-corrected chi connectivity index (χ4v) is 1.17. The van der Waals surface area contributed by atoms with Crippen LogP contribution in [-0.4, -0.2) is 29.7 Å². The third-order valence-electron chi connectivity index (χ3n) is 2.52. The molecule has 5 nitrogen and oxygen atoms in total. The van der Waals surface area contributed by atoms with Crippen molar-refractivity contribution in [3.8, 4) is 0 Å². The van der Waals surface area contributed by atoms with Gasteiger partial charge in [0.2, 0.25) is 0 Å². The minimum absolute atomic E-state index is 0.0994. The van der Waals surface area contributed by atoms with Gasteiger partial charge in [-0.15, -0.1) is 0 Å². The number of anilines is 1. The molecule has 0 aliphatic carbocycles. The molecule has 98 valence electrons. The molecule has 6 heteroatoms. The maximum atomic E-state index is 13.1. The maximum absolute atomic E-state index is 13.1. The molecule has 1 aromatic rings. The molecule has 18 heavy (non-hydrogen) atoms. The van der Waals surface area contributed by atoms with E-state index in [-0.39, 0.29) is 11.3 Å². The van der Waals surface area contributed by atoms with Crippen molar-refractivity contribution in [2.75, 3.05) is 12.4 Å². The minimum Gasteiger partial charge on any atom is -0.478 e. The lowest BCUT2D eigenvalue weighted by Crippen LogP contribution is -2.39. The van der Waals surface area contributed by atoms with Gasteiger partial charge in [-0.3, -0.25) is 4.79 Å². The van der Waals surface area contributed by atoms with Crippen molar-refractivity contribution in [2.45, 2.75) is 19.4 Å². The van der Waals surface area contributed by atoms with Crippen LogP contribution in [0.25, 0.3) is 0 Å². The Morgan fingerprint density at radius 3 is 2.50 bits per heavy atom. The number of nitrogens with one attached hydrogen (secondary N) is 1. The summed E-state index contributed by atoms with van der Waals surface area (Å²) in [5.74, 6) is -2.44. The number of aromatic carboxylic acids is 1. The van der Waals surface area contributed by atoms with E-state index in [1.807, 2.05) is 0 Å². The molecule has 0 saturated carbocycles. The molecule has 0 aliphatic rings. The molecule has 1 aromatic carbocycles. The molecule has 0 radical (unpaired) electrons. The zero-order valence-electron chi connectivity index (χ0n) is 10.3. The van der Waals surface area contributed by atoms with Gasteiger partial charge in [0.1, 0.15) is 11.4 Å². The first kappa shape index (κ1) is 14.1. The molecule has 0 atom stereocenters. The SMILES string of the molecule is COC(C)(C)C(=O)Nc1cc(F)ccc1C(=O)O. The zero-order valence-corrected chi connectivity index (χ0v) is 10.3. The summed E-state index contributed by atoms with van der Waals surface area (Å²) in [5.41, 5.74) is -1.42. The number of amides is 1. The number of rotatable bonds is 4. The average Bonchev–Trinajstić information content (AvgIpc) is 2.28. The number of carboxylic acids is 1. The molecule has 0 aromatic heterocycles. The molecule has 0 aliphatic heterocycles. The molecule has 0 heterocycles. The maximum Gasteiger partial charge on any atom is 0.337 e. The van der Waals surface area contributed by atoms with Gasteiger partial charge >= 0.3 is 5.97 Å². The highest BCUT2D eigenvalue weighted by Crippen LogP contribution is 2.19. The molecule has 0 spiro atoms. The molecule has 0 fully saturated rings. The van der Waals surface area contributed by atoms with Crippen LogP contribution in [0.1, 0.15) is 24.2 Å². The molecule has 1 rings (SSSR count). The van der Waals surface area contributed by atoms with Crippen LogP contribution >= 0.6 is 0 Å². The topological polar surface area (TPSA) is 75.6 Å². The summed E-state index contributed by atoms with van der Waals surface area (Å²) in [6, 6.07) is 3.06. The Kier molecular flexibility index (Phi) is 4.03. The summed E-state index contributed by atoms with van der Waals surface area (Å²) in [6.07, 6.45) is 0. The number of ether oxygens (including phenoxy) is 1. The van der Waals surface area contributed by atoms with Crippen LogP contribution < -0.4 is 5.32 Å². The predicted molar refractivity (Wildman–Crippen MR) is 63.1 cm³/mol. The van der Waals surface area contributed by atoms with Crippen molar-refractivity contribution in [2.24, 2.45) is 0 Å². The highest BCUT2D eigenvalue weighted by atomic mass is 19.1. The standard InChI is InChI=1S/C12H14FNO4/c1-12(2,18-3)11(17)14-9-6-7(13)4-5-8(9)10(15)16/h4-6H,1-3H3,(H,14,17)(H,15,16). The molecule has 0 bridgehead atoms. The van der Waals surface area contributed by atoms with E-state index in [1.54, 1.807) is 0 Å². The second kappa shape index (κ2) is 5.14. The van der Waals surface area contributed by atoms with E-state index < -0.39 is 23.3 Å². The Morgan fingerprint density at radius 1 is 1.39 bits per heavy atom. The summed E-state index contributed by atoms with van der Waals surface area (Å²) in [4.78, 5) is 22.7. The summed E-state index contributed by atoms with van der Waals surface area (Å²) in [7, 11) is 1.35. The third kappa shape index (κ3) is 3.04. The lowest BCUT2D eigenvalue weighted by Gasteiger charge is -2.22. The first-order valence-electron chi connectivity index (χ1n) is 5.17. The minimum atomic E-state index is -1.25. The van der Waals surface area contributed by atoms with Crippen molar-refractivity contribution in [1.82, 2.24) is 0 Å². The molecular weight excluding hydrogens is 241 g/mol. The molecule has 0 unspecified atom stereocenters. The monoisotopic (exact) mass is 255 g/mol. The van der Waals surface area contributed by atoms with Crippen LogP contribution in [0.3, 0.4) is 0 Å². The second-order valence-corrected chi connectivity index (χ2v) is 4.16. The van der Waals surface area contributed by atoms with Crippen LogP contribution in [0.15, 0.2) is 18.2 Å². The van der Waals surface area contributed by atoms with Crippen molar-refractivity contribution in [3.63, 3.8) is 0 Å². The van der Waals surface area contributed by atoms with E-state index in [0.717, 1.165) is 18.2 Å². The number of halogens is 1. The Hall–Kier alpha value is -1.95. The first-order valence-corrected chi connectivity index (χ1v) is 5.17. The summed E-state index contributed by atoms with van der Waals surface area (Å²) in [5, 5.41) is 11.3. The van der Waals surface area contributed by atoms with Gasteiger partial charge in [0.25, 0.3) is 5.91 Å². The van der Waals surface area contributed by atoms with Crippen LogP contribution in [0, 0.1) is 5.82 Å². The van der Waals surface area contributed by atoms with Crippen LogP contribution in [0.5, 0.6) is 0 Å². The smallest absolute Gasteiger partial charge is 0.337 e. The highest BCUT2D eigenvalue weighted by molar-refractivity contribution is 6.03. The van der Waals surface area contributed by atoms with Crippen LogP contribution in [0.2, 0.25) is 0 Å². The molecule has 1 amide bonds. The van der Waals surface area contributed by atoms with Crippen molar-refractivity contribution < 1.29 is 23.8 Å². The van der Waals surface area contributed by atoms with E-state index in [2.05, 4.69) is 5.32 Å². The molecule has 2 N–H and O–H groups in total. The van der Waals surface area contributed by atoms with Gasteiger partial charge < -0.3 is 15.2 Å². The summed E-state index contributed by atoms with van der Waals surface area (Å²) in [6.45, 7) is 3.03. The van der Waals surface area contributed by atoms with Gasteiger partial charge in [-0.05, 0) is 32.0 Å². The van der Waals surface area contributed by atoms with Crippen molar-refractivity contribution in [1.29, 1.82) is 0 Å². The predicted octanol–water partition coefficient (Wildman–Crippen LogP) is 1.89. The van der Waals surface area contributed by atoms with Gasteiger partial charge in [-0.25, -0.2) is 9.18 Å². The highest BCUT2D eigenvalue weighted by Gasteiger charge is 2.28. The number of methoxy groups -OCH3 is 1. The Morgan fingerprint density at radius 2 is 2.00 bits per heavy atom. The van der Waals surface area contributed by atoms with Crippen molar-refractivity contribution >= 4 is 17.6 Å². The summed E-state index contributed by atoms with van der Waals surface area (Å²) < 4.78 is 18.0. The Labute approximate surface area is 104 Å². The van der Waals surface area contributed by atoms with Gasteiger partial charge in [0, 0.05) is 7.11 Å². The largest absolute Gasteiger partial charge is 0.478 e. The number of benzene rings is 1. The number of hydrogen-bond acceptors (Lipinski definition) is 3. The van der Waals surface area contributed by atoms with Crippen LogP contribution in [0.4, 0.5) is 10.1 Å². The van der Waals surface area contributed by atoms with E-state index in [4.69, 9.17) is 9.84 Å². The molecular formula is C12H14FNO4. The number of carbonyl (C=O) groups is 2. The summed E-state index contributed by atoms with van der Waals surface area (Å²) >= 11 is 0. The van der Waals surface area contributed by atoms with Gasteiger partial charge in [0.05, 0.1) is 11.3 Å². The molecule has 0 saturated heterocycles. The second-order valence-electron chi connectivity index (χ2n) is 4.16. The van der Waals surface area contributed by atoms with Gasteiger partial charge in [0.15, 0.2) is 0 Å². The van der Waals surface area contributed by atoms with Gasteiger partial charge in [-0.1, -0.05) is 0 Å². The lowest BCUT2D eigenvalue weighted by molar-refractivity contribution is -0.133. The number of carbonyl (C=O) groups excluding carboxylic acids is 1. The van der Waals surface area contributed by atoms with Crippen LogP contribution in [-0.2, 0) is 9.53 Å². The van der Waals surface area contributed by atoms with E-state index >= 15 is 0 Å². The Balaban J connectivity index is 3.07. The third-order valence-corrected chi connectivity index (χ3v) is 2.52. The van der Waals surface area contributed by atoms with Crippen molar-refractivity contribution in [3.05, 3.63) is 29.6 Å². The fourth-order valence-electron chi connectivity index (χ4n) is 1.17. The Bertz CT molecular complexity index is 485. The quantitative estimate of drug-likeness (QED) is 0.861. The van der Waals surface area contributed by atoms with E-state index in [9.17, 15) is 14.0 Å². The first-order chi connectivity index (χ1) is 8.27.